The van der Waals surface area contributed by atoms with Crippen LogP contribution in [-0.4, -0.2) is 14.2 Å². The first-order valence-corrected chi connectivity index (χ1v) is 5.25. The number of hydrogen-bond acceptors (Lipinski definition) is 2. The third-order valence-electron chi connectivity index (χ3n) is 2.37. The van der Waals surface area contributed by atoms with E-state index in [0.717, 1.165) is 22.6 Å². The van der Waals surface area contributed by atoms with Crippen LogP contribution in [0.25, 0.3) is 5.57 Å². The lowest BCUT2D eigenvalue weighted by Crippen LogP contribution is -1.91. The van der Waals surface area contributed by atoms with E-state index in [1.807, 2.05) is 37.3 Å². The van der Waals surface area contributed by atoms with Crippen LogP contribution >= 0.6 is 0 Å². The zero-order valence-electron chi connectivity index (χ0n) is 10.3. The third kappa shape index (κ3) is 2.89. The van der Waals surface area contributed by atoms with E-state index in [1.54, 1.807) is 14.2 Å². The molecule has 0 spiro atoms. The van der Waals surface area contributed by atoms with E-state index in [2.05, 4.69) is 13.0 Å². The monoisotopic (exact) mass is 218 g/mol. The maximum absolute atomic E-state index is 5.34. The van der Waals surface area contributed by atoms with Gasteiger partial charge in [-0.15, -0.1) is 0 Å². The Morgan fingerprint density at radius 3 is 2.50 bits per heavy atom. The molecule has 0 heterocycles. The Morgan fingerprint density at radius 2 is 1.94 bits per heavy atom. The molecular formula is C14H18O2. The standard InChI is InChI=1S/C14H18O2/c1-5-6-7-11(2)13-9-8-12(15-3)10-14(13)16-4/h5-10H,1-4H3/b6-5-,11-7+. The Morgan fingerprint density at radius 1 is 1.19 bits per heavy atom. The smallest absolute Gasteiger partial charge is 0.130 e. The predicted octanol–water partition coefficient (Wildman–Crippen LogP) is 3.68. The van der Waals surface area contributed by atoms with Gasteiger partial charge in [-0.1, -0.05) is 18.2 Å². The van der Waals surface area contributed by atoms with Crippen molar-refractivity contribution in [3.63, 3.8) is 0 Å². The molecule has 0 aliphatic heterocycles. The Bertz CT molecular complexity index is 403. The number of methoxy groups -OCH3 is 2. The molecule has 0 bridgehead atoms. The van der Waals surface area contributed by atoms with Crippen molar-refractivity contribution in [1.82, 2.24) is 0 Å². The highest BCUT2D eigenvalue weighted by molar-refractivity contribution is 5.71. The van der Waals surface area contributed by atoms with Gasteiger partial charge in [-0.05, 0) is 31.6 Å². The van der Waals surface area contributed by atoms with Gasteiger partial charge in [-0.2, -0.15) is 0 Å². The van der Waals surface area contributed by atoms with Gasteiger partial charge in [-0.25, -0.2) is 0 Å². The average molecular weight is 218 g/mol. The zero-order chi connectivity index (χ0) is 12.0. The Kier molecular flexibility index (Phi) is 4.65. The highest BCUT2D eigenvalue weighted by Crippen LogP contribution is 2.29. The fraction of sp³-hybridized carbons (Fsp3) is 0.286. The Labute approximate surface area is 97.2 Å². The molecule has 0 amide bonds. The Hall–Kier alpha value is -1.70. The summed E-state index contributed by atoms with van der Waals surface area (Å²) in [5.74, 6) is 1.64. The van der Waals surface area contributed by atoms with E-state index in [9.17, 15) is 0 Å². The van der Waals surface area contributed by atoms with E-state index in [4.69, 9.17) is 9.47 Å². The molecule has 0 saturated carbocycles. The van der Waals surface area contributed by atoms with E-state index >= 15 is 0 Å². The van der Waals surface area contributed by atoms with Crippen LogP contribution in [0.4, 0.5) is 0 Å². The first-order chi connectivity index (χ1) is 7.72. The summed E-state index contributed by atoms with van der Waals surface area (Å²) in [4.78, 5) is 0. The molecule has 0 saturated heterocycles. The number of allylic oxidation sites excluding steroid dienone is 4. The number of benzene rings is 1. The lowest BCUT2D eigenvalue weighted by atomic mass is 10.1. The molecular weight excluding hydrogens is 200 g/mol. The maximum atomic E-state index is 5.34. The van der Waals surface area contributed by atoms with Crippen molar-refractivity contribution in [2.75, 3.05) is 14.2 Å². The second-order valence-electron chi connectivity index (χ2n) is 3.44. The molecule has 1 aromatic rings. The predicted molar refractivity (Wildman–Crippen MR) is 68.0 cm³/mol. The van der Waals surface area contributed by atoms with E-state index in [1.165, 1.54) is 0 Å². The lowest BCUT2D eigenvalue weighted by Gasteiger charge is -2.10. The van der Waals surface area contributed by atoms with Crippen LogP contribution < -0.4 is 9.47 Å². The SMILES string of the molecule is C/C=C\C=C(/C)c1ccc(OC)cc1OC. The number of ether oxygens (including phenoxy) is 2. The quantitative estimate of drug-likeness (QED) is 0.718. The van der Waals surface area contributed by atoms with Crippen molar-refractivity contribution in [1.29, 1.82) is 0 Å². The van der Waals surface area contributed by atoms with Crippen LogP contribution in [0.15, 0.2) is 36.4 Å². The molecule has 1 rings (SSSR count). The second kappa shape index (κ2) is 6.01. The molecule has 16 heavy (non-hydrogen) atoms. The van der Waals surface area contributed by atoms with Crippen molar-refractivity contribution in [3.8, 4) is 11.5 Å². The van der Waals surface area contributed by atoms with Gasteiger partial charge in [-0.3, -0.25) is 0 Å². The molecule has 0 aromatic heterocycles. The molecule has 0 aliphatic rings. The minimum absolute atomic E-state index is 0.805. The lowest BCUT2D eigenvalue weighted by molar-refractivity contribution is 0.393. The summed E-state index contributed by atoms with van der Waals surface area (Å²) < 4.78 is 10.5. The van der Waals surface area contributed by atoms with Crippen LogP contribution in [0.2, 0.25) is 0 Å². The van der Waals surface area contributed by atoms with E-state index in [-0.39, 0.29) is 0 Å². The minimum atomic E-state index is 0.805. The van der Waals surface area contributed by atoms with E-state index in [0.29, 0.717) is 0 Å². The first kappa shape index (κ1) is 12.4. The molecule has 0 atom stereocenters. The number of hydrogen-bond donors (Lipinski definition) is 0. The highest BCUT2D eigenvalue weighted by atomic mass is 16.5. The van der Waals surface area contributed by atoms with Gasteiger partial charge in [0.05, 0.1) is 14.2 Å². The fourth-order valence-corrected chi connectivity index (χ4v) is 1.45. The van der Waals surface area contributed by atoms with Gasteiger partial charge in [0.25, 0.3) is 0 Å². The van der Waals surface area contributed by atoms with Gasteiger partial charge in [0.1, 0.15) is 11.5 Å². The summed E-state index contributed by atoms with van der Waals surface area (Å²) >= 11 is 0. The van der Waals surface area contributed by atoms with Gasteiger partial charge < -0.3 is 9.47 Å². The Balaban J connectivity index is 3.13. The van der Waals surface area contributed by atoms with Gasteiger partial charge >= 0.3 is 0 Å². The molecule has 0 fully saturated rings. The first-order valence-electron chi connectivity index (χ1n) is 5.25. The summed E-state index contributed by atoms with van der Waals surface area (Å²) in [5, 5.41) is 0. The molecule has 0 N–H and O–H groups in total. The second-order valence-corrected chi connectivity index (χ2v) is 3.44. The van der Waals surface area contributed by atoms with Gasteiger partial charge in [0.15, 0.2) is 0 Å². The molecule has 0 radical (unpaired) electrons. The summed E-state index contributed by atoms with van der Waals surface area (Å²) in [5.41, 5.74) is 2.25. The van der Waals surface area contributed by atoms with E-state index < -0.39 is 0 Å². The van der Waals surface area contributed by atoms with Crippen molar-refractivity contribution in [3.05, 3.63) is 42.0 Å². The van der Waals surface area contributed by atoms with Crippen molar-refractivity contribution in [2.45, 2.75) is 13.8 Å². The molecule has 1 aromatic carbocycles. The largest absolute Gasteiger partial charge is 0.497 e. The van der Waals surface area contributed by atoms with Crippen LogP contribution in [0.5, 0.6) is 11.5 Å². The van der Waals surface area contributed by atoms with Gasteiger partial charge in [0.2, 0.25) is 0 Å². The summed E-state index contributed by atoms with van der Waals surface area (Å²) in [7, 11) is 3.32. The zero-order valence-corrected chi connectivity index (χ0v) is 10.3. The van der Waals surface area contributed by atoms with Crippen LogP contribution in [0, 0.1) is 0 Å². The normalized spacial score (nSPS) is 11.9. The fourth-order valence-electron chi connectivity index (χ4n) is 1.45. The highest BCUT2D eigenvalue weighted by Gasteiger charge is 2.05. The van der Waals surface area contributed by atoms with Gasteiger partial charge in [0, 0.05) is 11.6 Å². The van der Waals surface area contributed by atoms with Crippen molar-refractivity contribution < 1.29 is 9.47 Å². The summed E-state index contributed by atoms with van der Waals surface area (Å²) in [6.07, 6.45) is 6.07. The van der Waals surface area contributed by atoms with Crippen LogP contribution in [-0.2, 0) is 0 Å². The molecule has 2 heteroatoms. The molecule has 2 nitrogen and oxygen atoms in total. The maximum Gasteiger partial charge on any atom is 0.130 e. The van der Waals surface area contributed by atoms with Crippen LogP contribution in [0.1, 0.15) is 19.4 Å². The van der Waals surface area contributed by atoms with Crippen molar-refractivity contribution >= 4 is 5.57 Å². The topological polar surface area (TPSA) is 18.5 Å². The van der Waals surface area contributed by atoms with Crippen LogP contribution in [0.3, 0.4) is 0 Å². The summed E-state index contributed by atoms with van der Waals surface area (Å²) in [6, 6.07) is 5.83. The average Bonchev–Trinajstić information content (AvgIpc) is 2.34. The van der Waals surface area contributed by atoms with Crippen molar-refractivity contribution in [2.24, 2.45) is 0 Å². The number of rotatable bonds is 4. The minimum Gasteiger partial charge on any atom is -0.497 e. The molecule has 86 valence electrons. The molecule has 0 aliphatic carbocycles. The third-order valence-corrected chi connectivity index (χ3v) is 2.37. The molecule has 0 unspecified atom stereocenters. The summed E-state index contributed by atoms with van der Waals surface area (Å²) in [6.45, 7) is 4.05.